The summed E-state index contributed by atoms with van der Waals surface area (Å²) in [4.78, 5) is 62.0. The lowest BCUT2D eigenvalue weighted by atomic mass is 9.47. The fourth-order valence-corrected chi connectivity index (χ4v) is 9.38. The second kappa shape index (κ2) is 19.3. The van der Waals surface area contributed by atoms with Gasteiger partial charge in [0.2, 0.25) is 11.8 Å². The Hall–Kier alpha value is -2.63. The van der Waals surface area contributed by atoms with Crippen molar-refractivity contribution < 1.29 is 42.9 Å². The summed E-state index contributed by atoms with van der Waals surface area (Å²) < 4.78 is 21.7. The van der Waals surface area contributed by atoms with Gasteiger partial charge in [0.15, 0.2) is 11.6 Å². The van der Waals surface area contributed by atoms with Crippen molar-refractivity contribution in [1.82, 2.24) is 10.6 Å². The lowest BCUT2D eigenvalue weighted by molar-refractivity contribution is -0.160. The molecule has 11 nitrogen and oxygen atoms in total. The molecule has 3 saturated carbocycles. The van der Waals surface area contributed by atoms with Gasteiger partial charge in [0.05, 0.1) is 39.1 Å². The van der Waals surface area contributed by atoms with Gasteiger partial charge in [-0.1, -0.05) is 19.4 Å². The van der Waals surface area contributed by atoms with Crippen molar-refractivity contribution in [2.24, 2.45) is 28.6 Å². The number of rotatable bonds is 21. The third-order valence-electron chi connectivity index (χ3n) is 12.3. The van der Waals surface area contributed by atoms with Crippen LogP contribution in [0.4, 0.5) is 0 Å². The normalized spacial score (nSPS) is 29.2. The Balaban J connectivity index is 1.09. The molecule has 0 aromatic carbocycles. The minimum absolute atomic E-state index is 0.0257. The molecule has 0 aromatic heterocycles. The average molecular weight is 703 g/mol. The third-order valence-corrected chi connectivity index (χ3v) is 12.3. The highest BCUT2D eigenvalue weighted by molar-refractivity contribution is 5.91. The van der Waals surface area contributed by atoms with Crippen LogP contribution >= 0.6 is 0 Å². The zero-order valence-electron chi connectivity index (χ0n) is 31.0. The first-order valence-electron chi connectivity index (χ1n) is 19.1. The van der Waals surface area contributed by atoms with E-state index in [0.29, 0.717) is 89.4 Å². The molecule has 0 spiro atoms. The number of allylic oxidation sites excluding steroid dienone is 1. The molecule has 0 aliphatic heterocycles. The van der Waals surface area contributed by atoms with Gasteiger partial charge in [0.25, 0.3) is 0 Å². The molecule has 11 heteroatoms. The van der Waals surface area contributed by atoms with Crippen LogP contribution in [0.15, 0.2) is 11.6 Å². The van der Waals surface area contributed by atoms with Crippen LogP contribution < -0.4 is 10.6 Å². The molecule has 0 radical (unpaired) electrons. The molecule has 0 aromatic rings. The maximum Gasteiger partial charge on any atom is 0.306 e. The number of carbonyl (C=O) groups excluding carboxylic acids is 5. The van der Waals surface area contributed by atoms with Crippen LogP contribution in [0, 0.1) is 28.6 Å². The molecule has 7 atom stereocenters. The van der Waals surface area contributed by atoms with E-state index in [2.05, 4.69) is 24.5 Å². The molecular formula is C39H62N2O9. The van der Waals surface area contributed by atoms with Gasteiger partial charge in [-0.25, -0.2) is 0 Å². The number of ether oxygens (including phenoxy) is 4. The SMILES string of the molecule is COCCOCCOCCC(=O)NCCCCC(NC(=O)CCCC(=O)OC1CCC2C3CCC4=CC(=O)CCC4(C)C3CCC12C)C(C)=O. The summed E-state index contributed by atoms with van der Waals surface area (Å²) in [6.45, 7) is 8.91. The zero-order valence-corrected chi connectivity index (χ0v) is 31.0. The monoisotopic (exact) mass is 702 g/mol. The number of hydrogen-bond donors (Lipinski definition) is 2. The second-order valence-corrected chi connectivity index (χ2v) is 15.5. The number of hydrogen-bond acceptors (Lipinski definition) is 9. The fraction of sp³-hybridized carbons (Fsp3) is 0.821. The van der Waals surface area contributed by atoms with E-state index < -0.39 is 6.04 Å². The molecule has 4 aliphatic carbocycles. The summed E-state index contributed by atoms with van der Waals surface area (Å²) >= 11 is 0. The minimum atomic E-state index is -0.585. The fourth-order valence-electron chi connectivity index (χ4n) is 9.38. The smallest absolute Gasteiger partial charge is 0.306 e. The molecule has 0 saturated heterocycles. The van der Waals surface area contributed by atoms with Crippen molar-refractivity contribution >= 4 is 29.4 Å². The molecule has 2 amide bonds. The van der Waals surface area contributed by atoms with Gasteiger partial charge in [-0.15, -0.1) is 0 Å². The summed E-state index contributed by atoms with van der Waals surface area (Å²) in [7, 11) is 1.61. The molecule has 4 aliphatic rings. The van der Waals surface area contributed by atoms with Crippen LogP contribution in [-0.2, 0) is 42.9 Å². The Morgan fingerprint density at radius 3 is 2.36 bits per heavy atom. The summed E-state index contributed by atoms with van der Waals surface area (Å²) in [5.41, 5.74) is 1.47. The van der Waals surface area contributed by atoms with E-state index in [0.717, 1.165) is 44.9 Å². The second-order valence-electron chi connectivity index (χ2n) is 15.5. The van der Waals surface area contributed by atoms with E-state index in [9.17, 15) is 24.0 Å². The molecule has 0 bridgehead atoms. The van der Waals surface area contributed by atoms with Crippen LogP contribution in [0.2, 0.25) is 0 Å². The van der Waals surface area contributed by atoms with E-state index in [1.54, 1.807) is 7.11 Å². The highest BCUT2D eigenvalue weighted by atomic mass is 16.5. The van der Waals surface area contributed by atoms with Crippen LogP contribution in [0.5, 0.6) is 0 Å². The van der Waals surface area contributed by atoms with Gasteiger partial charge < -0.3 is 29.6 Å². The van der Waals surface area contributed by atoms with Gasteiger partial charge in [0.1, 0.15) is 6.10 Å². The van der Waals surface area contributed by atoms with E-state index >= 15 is 0 Å². The molecule has 282 valence electrons. The van der Waals surface area contributed by atoms with Crippen molar-refractivity contribution in [3.63, 3.8) is 0 Å². The number of ketones is 2. The van der Waals surface area contributed by atoms with Gasteiger partial charge in [-0.3, -0.25) is 24.0 Å². The number of carbonyl (C=O) groups is 5. The Morgan fingerprint density at radius 2 is 1.60 bits per heavy atom. The first-order chi connectivity index (χ1) is 24.0. The highest BCUT2D eigenvalue weighted by Crippen LogP contribution is 2.65. The maximum absolute atomic E-state index is 13.0. The summed E-state index contributed by atoms with van der Waals surface area (Å²) in [5.74, 6) is 1.32. The average Bonchev–Trinajstić information content (AvgIpc) is 3.41. The number of unbranched alkanes of at least 4 members (excludes halogenated alkanes) is 1. The first kappa shape index (κ1) is 40.1. The van der Waals surface area contributed by atoms with E-state index in [-0.39, 0.29) is 65.5 Å². The number of fused-ring (bicyclic) bond motifs is 5. The number of nitrogens with one attached hydrogen (secondary N) is 2. The molecule has 3 fully saturated rings. The number of methoxy groups -OCH3 is 1. The van der Waals surface area contributed by atoms with Crippen molar-refractivity contribution in [3.05, 3.63) is 11.6 Å². The van der Waals surface area contributed by atoms with Gasteiger partial charge in [-0.05, 0) is 107 Å². The number of esters is 1. The lowest BCUT2D eigenvalue weighted by Gasteiger charge is -2.57. The molecule has 2 N–H and O–H groups in total. The van der Waals surface area contributed by atoms with Crippen LogP contribution in [0.1, 0.15) is 117 Å². The minimum Gasteiger partial charge on any atom is -0.462 e. The maximum atomic E-state index is 13.0. The Bertz CT molecular complexity index is 1220. The summed E-state index contributed by atoms with van der Waals surface area (Å²) in [6.07, 6.45) is 12.5. The van der Waals surface area contributed by atoms with E-state index in [4.69, 9.17) is 18.9 Å². The zero-order chi connectivity index (χ0) is 36.1. The number of amides is 2. The molecule has 7 unspecified atom stereocenters. The van der Waals surface area contributed by atoms with Crippen LogP contribution in [0.25, 0.3) is 0 Å². The summed E-state index contributed by atoms with van der Waals surface area (Å²) in [5, 5.41) is 5.69. The Kier molecular flexibility index (Phi) is 15.5. The van der Waals surface area contributed by atoms with Crippen molar-refractivity contribution in [1.29, 1.82) is 0 Å². The van der Waals surface area contributed by atoms with Gasteiger partial charge in [-0.2, -0.15) is 0 Å². The molecule has 50 heavy (non-hydrogen) atoms. The third kappa shape index (κ3) is 10.7. The summed E-state index contributed by atoms with van der Waals surface area (Å²) in [6, 6.07) is -0.585. The molecule has 4 rings (SSSR count). The van der Waals surface area contributed by atoms with Gasteiger partial charge >= 0.3 is 5.97 Å². The molecular weight excluding hydrogens is 640 g/mol. The largest absolute Gasteiger partial charge is 0.462 e. The standard InChI is InChI=1S/C39H62N2O9/c1-27(42)33(8-5-6-20-40-35(44)17-21-48-24-25-49-23-22-47-4)41-36(45)9-7-10-37(46)50-34-14-13-31-30-12-11-28-26-29(43)15-18-38(28,2)32(30)16-19-39(31,34)3/h26,30-34H,5-25H2,1-4H3,(H,40,44)(H,41,45). The first-order valence-corrected chi connectivity index (χ1v) is 19.1. The predicted octanol–water partition coefficient (Wildman–Crippen LogP) is 5.03. The highest BCUT2D eigenvalue weighted by Gasteiger charge is 2.60. The van der Waals surface area contributed by atoms with Crippen LogP contribution in [0.3, 0.4) is 0 Å². The van der Waals surface area contributed by atoms with E-state index in [1.807, 2.05) is 6.08 Å². The predicted molar refractivity (Wildman–Crippen MR) is 188 cm³/mol. The Labute approximate surface area is 298 Å². The van der Waals surface area contributed by atoms with E-state index in [1.165, 1.54) is 12.5 Å². The van der Waals surface area contributed by atoms with Crippen molar-refractivity contribution in [2.75, 3.05) is 46.7 Å². The van der Waals surface area contributed by atoms with Crippen molar-refractivity contribution in [2.45, 2.75) is 129 Å². The molecule has 0 heterocycles. The lowest BCUT2D eigenvalue weighted by Crippen LogP contribution is -2.51. The number of Topliss-reactive ketones (excluding diaryl/α,β-unsaturated/α-hetero) is 1. The van der Waals surface area contributed by atoms with Gasteiger partial charge in [0, 0.05) is 44.8 Å². The van der Waals surface area contributed by atoms with Crippen LogP contribution in [-0.4, -0.2) is 88.2 Å². The topological polar surface area (TPSA) is 146 Å². The quantitative estimate of drug-likeness (QED) is 0.124. The Morgan fingerprint density at radius 1 is 0.840 bits per heavy atom. The van der Waals surface area contributed by atoms with Crippen molar-refractivity contribution in [3.8, 4) is 0 Å².